The summed E-state index contributed by atoms with van der Waals surface area (Å²) < 4.78 is 1.64. The molecular weight excluding hydrogens is 742 g/mol. The SMILES string of the molecule is CCc1ccc(C2=CC[C-]=C2C)cc1.CCc1ccc(C2=CC[C-]=C2C)cc1.[CH3][Ge](=[Hf+2])[c]1ccccc1.[Cl-].[Cl-]. The zero-order valence-electron chi connectivity index (χ0n) is 23.7. The van der Waals surface area contributed by atoms with Crippen LogP contribution in [0.15, 0.2) is 102 Å². The Morgan fingerprint density at radius 3 is 1.28 bits per heavy atom. The van der Waals surface area contributed by atoms with Crippen LogP contribution in [0.3, 0.4) is 0 Å². The minimum atomic E-state index is -0.627. The molecule has 0 saturated carbocycles. The van der Waals surface area contributed by atoms with E-state index < -0.39 is 10.1 Å². The Balaban J connectivity index is 0.000000292. The van der Waals surface area contributed by atoms with Crippen LogP contribution in [0, 0.1) is 12.2 Å². The molecular formula is C35H38Cl2GeHf-2. The minimum Gasteiger partial charge on any atom is -1.00 e. The third-order valence-corrected chi connectivity index (χ3v) is 14.6. The fraction of sp³-hybridized carbons (Fsp3) is 0.257. The van der Waals surface area contributed by atoms with Gasteiger partial charge < -0.3 is 24.8 Å². The van der Waals surface area contributed by atoms with Gasteiger partial charge in [-0.25, -0.2) is 11.1 Å². The van der Waals surface area contributed by atoms with Gasteiger partial charge in [-0.05, 0) is 24.0 Å². The van der Waals surface area contributed by atoms with E-state index >= 15 is 0 Å². The zero-order chi connectivity index (χ0) is 26.6. The molecule has 0 radical (unpaired) electrons. The van der Waals surface area contributed by atoms with E-state index in [9.17, 15) is 0 Å². The number of hydrogen-bond donors (Lipinski definition) is 0. The van der Waals surface area contributed by atoms with Crippen molar-refractivity contribution < 1.29 is 46.1 Å². The monoisotopic (exact) mass is 782 g/mol. The van der Waals surface area contributed by atoms with E-state index in [-0.39, 0.29) is 24.8 Å². The quantitative estimate of drug-likeness (QED) is 0.277. The first kappa shape index (κ1) is 35.6. The normalized spacial score (nSPS) is 13.1. The van der Waals surface area contributed by atoms with Gasteiger partial charge in [-0.1, -0.05) is 76.2 Å². The summed E-state index contributed by atoms with van der Waals surface area (Å²) in [6.07, 6.45) is 15.3. The molecule has 4 heteroatoms. The Morgan fingerprint density at radius 2 is 1.03 bits per heavy atom. The summed E-state index contributed by atoms with van der Waals surface area (Å²) in [5.41, 5.74) is 10.7. The van der Waals surface area contributed by atoms with Crippen molar-refractivity contribution >= 4 is 25.6 Å². The van der Waals surface area contributed by atoms with Crippen molar-refractivity contribution in [2.45, 2.75) is 59.1 Å². The van der Waals surface area contributed by atoms with Crippen molar-refractivity contribution in [3.8, 4) is 0 Å². The number of halogens is 2. The van der Waals surface area contributed by atoms with Gasteiger partial charge in [-0.2, -0.15) is 23.3 Å². The predicted molar refractivity (Wildman–Crippen MR) is 159 cm³/mol. The predicted octanol–water partition coefficient (Wildman–Crippen LogP) is 2.64. The average molecular weight is 781 g/mol. The van der Waals surface area contributed by atoms with E-state index in [1.54, 1.807) is 4.40 Å². The van der Waals surface area contributed by atoms with E-state index in [0.717, 1.165) is 25.7 Å². The van der Waals surface area contributed by atoms with Crippen molar-refractivity contribution in [3.63, 3.8) is 0 Å². The Morgan fingerprint density at radius 1 is 0.641 bits per heavy atom. The van der Waals surface area contributed by atoms with Crippen LogP contribution in [0.5, 0.6) is 0 Å². The van der Waals surface area contributed by atoms with Gasteiger partial charge in [-0.15, -0.1) is 24.0 Å². The molecule has 0 unspecified atom stereocenters. The first-order valence-corrected chi connectivity index (χ1v) is 26.8. The van der Waals surface area contributed by atoms with Crippen LogP contribution in [0.2, 0.25) is 5.76 Å². The smallest absolute Gasteiger partial charge is 1.00 e. The molecule has 0 heterocycles. The van der Waals surface area contributed by atoms with Crippen LogP contribution in [0.4, 0.5) is 0 Å². The van der Waals surface area contributed by atoms with Crippen molar-refractivity contribution in [1.29, 1.82) is 0 Å². The van der Waals surface area contributed by atoms with E-state index in [2.05, 4.69) is 137 Å². The summed E-state index contributed by atoms with van der Waals surface area (Å²) in [5, 5.41) is 0. The molecule has 202 valence electrons. The molecule has 2 aliphatic carbocycles. The summed E-state index contributed by atoms with van der Waals surface area (Å²) >= 11 is 1.42. The molecule has 0 bridgehead atoms. The molecule has 0 aliphatic heterocycles. The number of aryl methyl sites for hydroxylation is 2. The minimum absolute atomic E-state index is 0. The van der Waals surface area contributed by atoms with E-state index in [1.165, 1.54) is 65.8 Å². The van der Waals surface area contributed by atoms with Crippen LogP contribution < -0.4 is 29.2 Å². The van der Waals surface area contributed by atoms with Crippen LogP contribution in [0.1, 0.15) is 62.8 Å². The Kier molecular flexibility index (Phi) is 17.2. The maximum absolute atomic E-state index is 3.32. The third-order valence-electron chi connectivity index (χ3n) is 6.71. The number of allylic oxidation sites excluding steroid dienone is 8. The zero-order valence-corrected chi connectivity index (χ0v) is 30.9. The number of benzene rings is 3. The van der Waals surface area contributed by atoms with Gasteiger partial charge in [-0.3, -0.25) is 12.2 Å². The number of hydrogen-bond acceptors (Lipinski definition) is 0. The first-order valence-electron chi connectivity index (χ1n) is 13.3. The van der Waals surface area contributed by atoms with Crippen LogP contribution in [-0.2, 0) is 34.1 Å². The van der Waals surface area contributed by atoms with Gasteiger partial charge in [0.15, 0.2) is 0 Å². The molecule has 3 aromatic carbocycles. The first-order chi connectivity index (χ1) is 17.9. The summed E-state index contributed by atoms with van der Waals surface area (Å²) in [7, 11) is -0.627. The summed E-state index contributed by atoms with van der Waals surface area (Å²) in [6, 6.07) is 28.6. The largest absolute Gasteiger partial charge is 1.00 e. The molecule has 0 spiro atoms. The maximum atomic E-state index is 3.32. The second-order valence-electron chi connectivity index (χ2n) is 9.34. The molecule has 0 saturated heterocycles. The van der Waals surface area contributed by atoms with Gasteiger partial charge in [0.05, 0.1) is 0 Å². The standard InChI is InChI=1S/2C14H15.C7H8Ge.2ClH.Hf/c2*1-3-12-7-9-13(10-8-12)14-6-4-5-11(14)2;1-8-7-5-3-2-4-6-7;;;/h2*6-10H,3-4H2,1-2H3;2-6H,1H3;2*1H;/q2*-1;;;;+2/p-2. The molecule has 0 amide bonds. The van der Waals surface area contributed by atoms with Gasteiger partial charge in [0.25, 0.3) is 0 Å². The maximum Gasteiger partial charge on any atom is -1.00 e. The van der Waals surface area contributed by atoms with E-state index in [0.29, 0.717) is 0 Å². The van der Waals surface area contributed by atoms with E-state index in [4.69, 9.17) is 0 Å². The fourth-order valence-corrected chi connectivity index (χ4v) is 8.87. The van der Waals surface area contributed by atoms with E-state index in [1.807, 2.05) is 0 Å². The van der Waals surface area contributed by atoms with Gasteiger partial charge in [0.1, 0.15) is 0 Å². The number of rotatable bonds is 5. The molecule has 0 nitrogen and oxygen atoms in total. The Bertz CT molecular complexity index is 1220. The molecule has 0 fully saturated rings. The van der Waals surface area contributed by atoms with Crippen LogP contribution in [-0.4, -0.2) is 10.1 Å². The molecule has 3 aromatic rings. The molecule has 5 rings (SSSR count). The van der Waals surface area contributed by atoms with Crippen molar-refractivity contribution in [1.82, 2.24) is 0 Å². The molecule has 39 heavy (non-hydrogen) atoms. The Hall–Kier alpha value is -1.39. The Labute approximate surface area is 265 Å². The molecule has 0 atom stereocenters. The van der Waals surface area contributed by atoms with Crippen LogP contribution >= 0.6 is 0 Å². The third kappa shape index (κ3) is 11.2. The summed E-state index contributed by atoms with van der Waals surface area (Å²) in [5.74, 6) is 2.43. The van der Waals surface area contributed by atoms with Gasteiger partial charge in [0.2, 0.25) is 0 Å². The van der Waals surface area contributed by atoms with Gasteiger partial charge >= 0.3 is 71.8 Å². The molecule has 0 N–H and O–H groups in total. The summed E-state index contributed by atoms with van der Waals surface area (Å²) in [6.45, 7) is 8.63. The van der Waals surface area contributed by atoms with Crippen molar-refractivity contribution in [2.24, 2.45) is 0 Å². The molecule has 2 aliphatic rings. The van der Waals surface area contributed by atoms with Gasteiger partial charge in [0, 0.05) is 0 Å². The topological polar surface area (TPSA) is 0 Å². The summed E-state index contributed by atoms with van der Waals surface area (Å²) in [4.78, 5) is 0. The second kappa shape index (κ2) is 18.9. The second-order valence-corrected chi connectivity index (χ2v) is 27.2. The average Bonchev–Trinajstić information content (AvgIpc) is 3.58. The molecule has 0 aromatic heterocycles. The van der Waals surface area contributed by atoms with Crippen molar-refractivity contribution in [2.75, 3.05) is 0 Å². The van der Waals surface area contributed by atoms with Crippen LogP contribution in [0.25, 0.3) is 11.1 Å². The van der Waals surface area contributed by atoms with Crippen molar-refractivity contribution in [3.05, 3.63) is 137 Å². The fourth-order valence-electron chi connectivity index (χ4n) is 4.31.